The lowest BCUT2D eigenvalue weighted by molar-refractivity contribution is 0.0957. The molecule has 0 aliphatic rings. The number of carbonyl (C=O) groups excluding carboxylic acids is 1. The number of halogens is 1. The van der Waals surface area contributed by atoms with E-state index in [1.807, 2.05) is 18.4 Å². The molecule has 0 saturated heterocycles. The van der Waals surface area contributed by atoms with Crippen molar-refractivity contribution < 1.29 is 4.79 Å². The zero-order valence-electron chi connectivity index (χ0n) is 9.53. The van der Waals surface area contributed by atoms with Crippen LogP contribution in [-0.4, -0.2) is 17.8 Å². The second-order valence-electron chi connectivity index (χ2n) is 3.94. The summed E-state index contributed by atoms with van der Waals surface area (Å²) in [5.74, 6) is 0.0284. The molecule has 1 amide bonds. The molecule has 92 valence electrons. The van der Waals surface area contributed by atoms with Gasteiger partial charge in [-0.05, 0) is 37.3 Å². The van der Waals surface area contributed by atoms with Crippen LogP contribution in [0.1, 0.15) is 29.4 Å². The molecule has 1 N–H and O–H groups in total. The van der Waals surface area contributed by atoms with Crippen molar-refractivity contribution in [2.24, 2.45) is 0 Å². The number of thiophene rings is 2. The number of hydrogen-bond acceptors (Lipinski definition) is 3. The molecule has 1 atom stereocenters. The SMILES string of the molecule is CC(Cl)CCCNC(=O)c1cc2sccc2s1. The number of fused-ring (bicyclic) bond motifs is 1. The lowest BCUT2D eigenvalue weighted by atomic mass is 10.2. The molecule has 0 spiro atoms. The summed E-state index contributed by atoms with van der Waals surface area (Å²) in [6.07, 6.45) is 1.86. The molecule has 5 heteroatoms. The first-order valence-corrected chi connectivity index (χ1v) is 7.69. The molecule has 0 aromatic carbocycles. The summed E-state index contributed by atoms with van der Waals surface area (Å²) >= 11 is 9.06. The molecule has 0 saturated carbocycles. The minimum Gasteiger partial charge on any atom is -0.351 e. The molecule has 0 fully saturated rings. The number of amides is 1. The Bertz CT molecular complexity index is 475. The molecule has 17 heavy (non-hydrogen) atoms. The standard InChI is InChI=1S/C12H14ClNOS2/c1-8(13)3-2-5-14-12(15)11-7-10-9(17-11)4-6-16-10/h4,6-8H,2-3,5H2,1H3,(H,14,15). The fourth-order valence-electron chi connectivity index (χ4n) is 1.55. The fourth-order valence-corrected chi connectivity index (χ4v) is 3.73. The smallest absolute Gasteiger partial charge is 0.261 e. The van der Waals surface area contributed by atoms with Crippen LogP contribution in [0.5, 0.6) is 0 Å². The Morgan fingerprint density at radius 2 is 2.35 bits per heavy atom. The third kappa shape index (κ3) is 3.44. The Morgan fingerprint density at radius 1 is 1.53 bits per heavy atom. The predicted octanol–water partition coefficient (Wildman–Crippen LogP) is 4.10. The maximum atomic E-state index is 11.8. The van der Waals surface area contributed by atoms with Gasteiger partial charge in [0.05, 0.1) is 4.88 Å². The molecule has 2 aromatic heterocycles. The summed E-state index contributed by atoms with van der Waals surface area (Å²) in [5, 5.41) is 5.15. The Morgan fingerprint density at radius 3 is 3.06 bits per heavy atom. The average Bonchev–Trinajstić information content (AvgIpc) is 2.83. The van der Waals surface area contributed by atoms with Gasteiger partial charge in [0.2, 0.25) is 0 Å². The van der Waals surface area contributed by atoms with Crippen LogP contribution in [0.4, 0.5) is 0 Å². The lowest BCUT2D eigenvalue weighted by Crippen LogP contribution is -2.23. The average molecular weight is 288 g/mol. The minimum absolute atomic E-state index is 0.0284. The number of rotatable bonds is 5. The summed E-state index contributed by atoms with van der Waals surface area (Å²) in [5.41, 5.74) is 0. The van der Waals surface area contributed by atoms with Crippen molar-refractivity contribution in [3.05, 3.63) is 22.4 Å². The second-order valence-corrected chi connectivity index (χ2v) is 6.72. The first-order chi connectivity index (χ1) is 8.16. The Labute approximate surface area is 114 Å². The van der Waals surface area contributed by atoms with Crippen molar-refractivity contribution in [3.63, 3.8) is 0 Å². The quantitative estimate of drug-likeness (QED) is 0.651. The van der Waals surface area contributed by atoms with Crippen molar-refractivity contribution in [3.8, 4) is 0 Å². The molecular formula is C12H14ClNOS2. The van der Waals surface area contributed by atoms with E-state index in [9.17, 15) is 4.79 Å². The van der Waals surface area contributed by atoms with Gasteiger partial charge in [0, 0.05) is 21.3 Å². The summed E-state index contributed by atoms with van der Waals surface area (Å²) in [6, 6.07) is 4.01. The molecule has 0 bridgehead atoms. The van der Waals surface area contributed by atoms with Crippen LogP contribution in [0.3, 0.4) is 0 Å². The molecule has 2 rings (SSSR count). The molecule has 2 aromatic rings. The van der Waals surface area contributed by atoms with Gasteiger partial charge in [-0.2, -0.15) is 0 Å². The van der Waals surface area contributed by atoms with Gasteiger partial charge in [0.1, 0.15) is 0 Å². The van der Waals surface area contributed by atoms with E-state index in [0.29, 0.717) is 6.54 Å². The Kier molecular flexibility index (Phi) is 4.42. The van der Waals surface area contributed by atoms with E-state index in [2.05, 4.69) is 11.4 Å². The molecule has 0 radical (unpaired) electrons. The van der Waals surface area contributed by atoms with Crippen LogP contribution in [0, 0.1) is 0 Å². The van der Waals surface area contributed by atoms with E-state index >= 15 is 0 Å². The van der Waals surface area contributed by atoms with Crippen LogP contribution in [0.25, 0.3) is 9.40 Å². The van der Waals surface area contributed by atoms with Crippen LogP contribution < -0.4 is 5.32 Å². The zero-order valence-corrected chi connectivity index (χ0v) is 11.9. The topological polar surface area (TPSA) is 29.1 Å². The molecule has 0 aliphatic carbocycles. The molecule has 2 nitrogen and oxygen atoms in total. The number of nitrogens with one attached hydrogen (secondary N) is 1. The van der Waals surface area contributed by atoms with Crippen LogP contribution in [-0.2, 0) is 0 Å². The van der Waals surface area contributed by atoms with Gasteiger partial charge >= 0.3 is 0 Å². The zero-order chi connectivity index (χ0) is 12.3. The van der Waals surface area contributed by atoms with Crippen LogP contribution in [0.15, 0.2) is 17.5 Å². The van der Waals surface area contributed by atoms with Crippen molar-refractivity contribution >= 4 is 49.6 Å². The summed E-state index contributed by atoms with van der Waals surface area (Å²) in [7, 11) is 0. The van der Waals surface area contributed by atoms with Gasteiger partial charge in [0.25, 0.3) is 5.91 Å². The third-order valence-corrected chi connectivity index (χ3v) is 4.74. The van der Waals surface area contributed by atoms with Crippen molar-refractivity contribution in [2.45, 2.75) is 25.1 Å². The highest BCUT2D eigenvalue weighted by atomic mass is 35.5. The number of hydrogen-bond donors (Lipinski definition) is 1. The molecule has 1 unspecified atom stereocenters. The van der Waals surface area contributed by atoms with E-state index in [-0.39, 0.29) is 11.3 Å². The van der Waals surface area contributed by atoms with Crippen molar-refractivity contribution in [1.29, 1.82) is 0 Å². The monoisotopic (exact) mass is 287 g/mol. The first-order valence-electron chi connectivity index (χ1n) is 5.56. The van der Waals surface area contributed by atoms with Crippen molar-refractivity contribution in [1.82, 2.24) is 5.32 Å². The highest BCUT2D eigenvalue weighted by Crippen LogP contribution is 2.29. The fraction of sp³-hybridized carbons (Fsp3) is 0.417. The van der Waals surface area contributed by atoms with Gasteiger partial charge in [-0.1, -0.05) is 0 Å². The van der Waals surface area contributed by atoms with Gasteiger partial charge in [0.15, 0.2) is 0 Å². The highest BCUT2D eigenvalue weighted by molar-refractivity contribution is 7.27. The lowest BCUT2D eigenvalue weighted by Gasteiger charge is -2.04. The molecular weight excluding hydrogens is 274 g/mol. The van der Waals surface area contributed by atoms with Gasteiger partial charge < -0.3 is 5.32 Å². The molecule has 0 aliphatic heterocycles. The second kappa shape index (κ2) is 5.85. The van der Waals surface area contributed by atoms with E-state index in [1.165, 1.54) is 9.40 Å². The Hall–Kier alpha value is -0.580. The summed E-state index contributed by atoms with van der Waals surface area (Å²) in [4.78, 5) is 12.6. The van der Waals surface area contributed by atoms with Crippen LogP contribution >= 0.6 is 34.3 Å². The highest BCUT2D eigenvalue weighted by Gasteiger charge is 2.10. The van der Waals surface area contributed by atoms with E-state index < -0.39 is 0 Å². The largest absolute Gasteiger partial charge is 0.351 e. The van der Waals surface area contributed by atoms with Crippen molar-refractivity contribution in [2.75, 3.05) is 6.54 Å². The van der Waals surface area contributed by atoms with E-state index in [1.54, 1.807) is 22.7 Å². The van der Waals surface area contributed by atoms with E-state index in [0.717, 1.165) is 17.7 Å². The third-order valence-electron chi connectivity index (χ3n) is 2.43. The Balaban J connectivity index is 1.85. The predicted molar refractivity (Wildman–Crippen MR) is 76.6 cm³/mol. The maximum absolute atomic E-state index is 11.8. The van der Waals surface area contributed by atoms with E-state index in [4.69, 9.17) is 11.6 Å². The first kappa shape index (κ1) is 12.9. The van der Waals surface area contributed by atoms with Gasteiger partial charge in [-0.25, -0.2) is 0 Å². The van der Waals surface area contributed by atoms with Gasteiger partial charge in [-0.3, -0.25) is 4.79 Å². The molecule has 2 heterocycles. The van der Waals surface area contributed by atoms with Gasteiger partial charge in [-0.15, -0.1) is 34.3 Å². The van der Waals surface area contributed by atoms with Crippen LogP contribution in [0.2, 0.25) is 0 Å². The minimum atomic E-state index is 0.0284. The number of carbonyl (C=O) groups is 1. The summed E-state index contributed by atoms with van der Waals surface area (Å²) < 4.78 is 2.38. The normalized spacial score (nSPS) is 12.8. The summed E-state index contributed by atoms with van der Waals surface area (Å²) in [6.45, 7) is 2.66. The maximum Gasteiger partial charge on any atom is 0.261 e. The number of alkyl halides is 1.